The van der Waals surface area contributed by atoms with Crippen molar-refractivity contribution in [2.75, 3.05) is 0 Å². The van der Waals surface area contributed by atoms with E-state index < -0.39 is 17.9 Å². The zero-order valence-electron chi connectivity index (χ0n) is 9.11. The first kappa shape index (κ1) is 12.4. The van der Waals surface area contributed by atoms with Crippen LogP contribution in [0.3, 0.4) is 0 Å². The fourth-order valence-corrected chi connectivity index (χ4v) is 1.14. The summed E-state index contributed by atoms with van der Waals surface area (Å²) in [5.74, 6) is -1.84. The minimum absolute atomic E-state index is 0.0840. The summed E-state index contributed by atoms with van der Waals surface area (Å²) in [6.45, 7) is 3.07. The van der Waals surface area contributed by atoms with Crippen LogP contribution in [-0.2, 0) is 4.79 Å². The molecule has 16 heavy (non-hydrogen) atoms. The molecule has 0 aliphatic rings. The van der Waals surface area contributed by atoms with Crippen molar-refractivity contribution in [3.8, 4) is 5.75 Å². The van der Waals surface area contributed by atoms with Gasteiger partial charge >= 0.3 is 5.97 Å². The number of aliphatic carboxylic acids is 1. The molecule has 0 spiro atoms. The van der Waals surface area contributed by atoms with E-state index in [1.54, 1.807) is 13.0 Å². The van der Waals surface area contributed by atoms with Gasteiger partial charge in [-0.1, -0.05) is 6.07 Å². The van der Waals surface area contributed by atoms with Crippen molar-refractivity contribution in [3.63, 3.8) is 0 Å². The number of hydrogen-bond acceptors (Lipinski definition) is 3. The van der Waals surface area contributed by atoms with Crippen molar-refractivity contribution < 1.29 is 19.0 Å². The first-order valence-corrected chi connectivity index (χ1v) is 4.86. The number of rotatable bonds is 4. The summed E-state index contributed by atoms with van der Waals surface area (Å²) in [6.07, 6.45) is -1.09. The predicted octanol–water partition coefficient (Wildman–Crippen LogP) is 1.70. The van der Waals surface area contributed by atoms with Crippen LogP contribution in [0.25, 0.3) is 0 Å². The highest BCUT2D eigenvalue weighted by Gasteiger charge is 2.15. The van der Waals surface area contributed by atoms with E-state index in [0.29, 0.717) is 5.56 Å². The summed E-state index contributed by atoms with van der Waals surface area (Å²) < 4.78 is 18.4. The Labute approximate surface area is 92.8 Å². The van der Waals surface area contributed by atoms with Gasteiger partial charge in [0.05, 0.1) is 0 Å². The molecule has 5 heteroatoms. The topological polar surface area (TPSA) is 72.5 Å². The molecule has 3 N–H and O–H groups in total. The Morgan fingerprint density at radius 2 is 2.12 bits per heavy atom. The molecular formula is C11H14FNO3. The summed E-state index contributed by atoms with van der Waals surface area (Å²) in [6, 6.07) is 3.96. The van der Waals surface area contributed by atoms with Gasteiger partial charge in [0.2, 0.25) is 0 Å². The summed E-state index contributed by atoms with van der Waals surface area (Å²) >= 11 is 0. The maximum absolute atomic E-state index is 13.5. The number of halogens is 1. The lowest BCUT2D eigenvalue weighted by Crippen LogP contribution is -2.23. The van der Waals surface area contributed by atoms with Crippen molar-refractivity contribution >= 4 is 5.97 Å². The quantitative estimate of drug-likeness (QED) is 0.821. The molecule has 0 heterocycles. The zero-order chi connectivity index (χ0) is 12.3. The minimum Gasteiger partial charge on any atom is -0.479 e. The molecule has 0 bridgehead atoms. The van der Waals surface area contributed by atoms with Gasteiger partial charge in [-0.3, -0.25) is 0 Å². The number of benzene rings is 1. The molecule has 4 nitrogen and oxygen atoms in total. The fraction of sp³-hybridized carbons (Fsp3) is 0.364. The molecule has 0 aliphatic carbocycles. The molecule has 0 aliphatic heterocycles. The molecule has 1 unspecified atom stereocenters. The van der Waals surface area contributed by atoms with E-state index in [2.05, 4.69) is 0 Å². The summed E-state index contributed by atoms with van der Waals surface area (Å²) in [5.41, 5.74) is 6.21. The maximum atomic E-state index is 13.5. The number of ether oxygens (including phenoxy) is 1. The number of nitrogens with two attached hydrogens (primary N) is 1. The molecule has 0 radical (unpaired) electrons. The summed E-state index contributed by atoms with van der Waals surface area (Å²) in [7, 11) is 0. The average molecular weight is 227 g/mol. The van der Waals surface area contributed by atoms with E-state index in [9.17, 15) is 9.18 Å². The van der Waals surface area contributed by atoms with E-state index in [0.717, 1.165) is 0 Å². The van der Waals surface area contributed by atoms with Crippen molar-refractivity contribution in [2.45, 2.75) is 26.0 Å². The molecule has 0 fully saturated rings. The molecule has 0 aromatic heterocycles. The number of carboxylic acid groups (broad SMARTS) is 1. The van der Waals surface area contributed by atoms with Gasteiger partial charge in [-0.15, -0.1) is 0 Å². The SMILES string of the molecule is CC(Oc1ccc([C@H](C)N)cc1F)C(=O)O. The van der Waals surface area contributed by atoms with Crippen LogP contribution in [0.1, 0.15) is 25.5 Å². The molecule has 1 aromatic carbocycles. The Kier molecular flexibility index (Phi) is 3.84. The molecule has 0 saturated carbocycles. The van der Waals surface area contributed by atoms with Crippen molar-refractivity contribution in [1.29, 1.82) is 0 Å². The fourth-order valence-electron chi connectivity index (χ4n) is 1.14. The van der Waals surface area contributed by atoms with Gasteiger partial charge in [-0.25, -0.2) is 9.18 Å². The van der Waals surface area contributed by atoms with E-state index in [4.69, 9.17) is 15.6 Å². The molecular weight excluding hydrogens is 213 g/mol. The molecule has 88 valence electrons. The van der Waals surface area contributed by atoms with Crippen LogP contribution in [-0.4, -0.2) is 17.2 Å². The third kappa shape index (κ3) is 2.93. The van der Waals surface area contributed by atoms with Crippen molar-refractivity contribution in [1.82, 2.24) is 0 Å². The van der Waals surface area contributed by atoms with Gasteiger partial charge in [0.15, 0.2) is 17.7 Å². The van der Waals surface area contributed by atoms with E-state index in [1.807, 2.05) is 0 Å². The van der Waals surface area contributed by atoms with Gasteiger partial charge in [0.25, 0.3) is 0 Å². The molecule has 2 atom stereocenters. The smallest absolute Gasteiger partial charge is 0.344 e. The highest BCUT2D eigenvalue weighted by Crippen LogP contribution is 2.22. The second kappa shape index (κ2) is 4.94. The molecule has 0 saturated heterocycles. The first-order valence-electron chi connectivity index (χ1n) is 4.86. The monoisotopic (exact) mass is 227 g/mol. The Morgan fingerprint density at radius 3 is 2.56 bits per heavy atom. The Morgan fingerprint density at radius 1 is 1.50 bits per heavy atom. The van der Waals surface area contributed by atoms with Gasteiger partial charge in [0.1, 0.15) is 0 Å². The van der Waals surface area contributed by atoms with Crippen LogP contribution in [0.2, 0.25) is 0 Å². The van der Waals surface area contributed by atoms with Gasteiger partial charge in [-0.05, 0) is 31.5 Å². The Hall–Kier alpha value is -1.62. The van der Waals surface area contributed by atoms with E-state index >= 15 is 0 Å². The molecule has 0 amide bonds. The van der Waals surface area contributed by atoms with Gasteiger partial charge in [0, 0.05) is 6.04 Å². The lowest BCUT2D eigenvalue weighted by molar-refractivity contribution is -0.144. The highest BCUT2D eigenvalue weighted by molar-refractivity contribution is 5.72. The second-order valence-electron chi connectivity index (χ2n) is 3.58. The Balaban J connectivity index is 2.87. The zero-order valence-corrected chi connectivity index (χ0v) is 9.11. The normalized spacial score (nSPS) is 14.2. The van der Waals surface area contributed by atoms with Crippen molar-refractivity contribution in [2.24, 2.45) is 5.73 Å². The summed E-state index contributed by atoms with van der Waals surface area (Å²) in [4.78, 5) is 10.5. The van der Waals surface area contributed by atoms with Crippen LogP contribution in [0, 0.1) is 5.82 Å². The maximum Gasteiger partial charge on any atom is 0.344 e. The van der Waals surface area contributed by atoms with Crippen LogP contribution in [0.15, 0.2) is 18.2 Å². The van der Waals surface area contributed by atoms with Gasteiger partial charge < -0.3 is 15.6 Å². The lowest BCUT2D eigenvalue weighted by atomic mass is 10.1. The minimum atomic E-state index is -1.14. The van der Waals surface area contributed by atoms with E-state index in [1.165, 1.54) is 19.1 Å². The van der Waals surface area contributed by atoms with E-state index in [-0.39, 0.29) is 11.8 Å². The van der Waals surface area contributed by atoms with Crippen LogP contribution in [0.4, 0.5) is 4.39 Å². The first-order chi connectivity index (χ1) is 7.41. The number of carboxylic acids is 1. The predicted molar refractivity (Wildman–Crippen MR) is 56.7 cm³/mol. The largest absolute Gasteiger partial charge is 0.479 e. The third-order valence-corrected chi connectivity index (χ3v) is 2.13. The third-order valence-electron chi connectivity index (χ3n) is 2.13. The standard InChI is InChI=1S/C11H14FNO3/c1-6(13)8-3-4-10(9(12)5-8)16-7(2)11(14)15/h3-7H,13H2,1-2H3,(H,14,15)/t6-,7?/m0/s1. The highest BCUT2D eigenvalue weighted by atomic mass is 19.1. The second-order valence-corrected chi connectivity index (χ2v) is 3.58. The number of hydrogen-bond donors (Lipinski definition) is 2. The average Bonchev–Trinajstić information content (AvgIpc) is 2.20. The van der Waals surface area contributed by atoms with Crippen molar-refractivity contribution in [3.05, 3.63) is 29.6 Å². The van der Waals surface area contributed by atoms with Crippen LogP contribution >= 0.6 is 0 Å². The summed E-state index contributed by atoms with van der Waals surface area (Å²) in [5, 5.41) is 8.61. The molecule has 1 aromatic rings. The van der Waals surface area contributed by atoms with Crippen LogP contribution < -0.4 is 10.5 Å². The van der Waals surface area contributed by atoms with Crippen LogP contribution in [0.5, 0.6) is 5.75 Å². The van der Waals surface area contributed by atoms with Gasteiger partial charge in [-0.2, -0.15) is 0 Å². The molecule has 1 rings (SSSR count). The lowest BCUT2D eigenvalue weighted by Gasteiger charge is -2.12. The Bertz CT molecular complexity index is 393. The number of carbonyl (C=O) groups is 1.